The Hall–Kier alpha value is -2.02. The molecule has 0 aliphatic carbocycles. The lowest BCUT2D eigenvalue weighted by Gasteiger charge is -2.37. The van der Waals surface area contributed by atoms with Gasteiger partial charge in [-0.25, -0.2) is 4.79 Å². The first-order chi connectivity index (χ1) is 10.0. The molecule has 1 atom stereocenters. The Morgan fingerprint density at radius 3 is 2.36 bits per heavy atom. The summed E-state index contributed by atoms with van der Waals surface area (Å²) in [5.41, 5.74) is 0.458. The van der Waals surface area contributed by atoms with Crippen molar-refractivity contribution in [3.8, 4) is 5.75 Å². The van der Waals surface area contributed by atoms with Crippen LogP contribution in [0.4, 0.5) is 13.2 Å². The average Bonchev–Trinajstić information content (AvgIpc) is 2.40. The molecule has 0 bridgehead atoms. The molecule has 0 radical (unpaired) electrons. The fourth-order valence-corrected chi connectivity index (χ4v) is 2.62. The molecule has 1 heterocycles. The molecule has 0 fully saturated rings. The van der Waals surface area contributed by atoms with E-state index in [2.05, 4.69) is 0 Å². The van der Waals surface area contributed by atoms with Gasteiger partial charge in [0.25, 0.3) is 0 Å². The van der Waals surface area contributed by atoms with Crippen LogP contribution in [-0.4, -0.2) is 28.1 Å². The molecule has 1 aliphatic rings. The molecule has 22 heavy (non-hydrogen) atoms. The molecule has 0 amide bonds. The number of halogens is 3. The summed E-state index contributed by atoms with van der Waals surface area (Å²) in [6, 6.07) is 2.87. The second-order valence-electron chi connectivity index (χ2n) is 5.14. The molecule has 0 aromatic heterocycles. The maximum atomic E-state index is 13.2. The number of carboxylic acids is 1. The van der Waals surface area contributed by atoms with Crippen molar-refractivity contribution < 1.29 is 32.9 Å². The third kappa shape index (κ3) is 2.16. The second-order valence-corrected chi connectivity index (χ2v) is 5.14. The Labute approximate surface area is 124 Å². The Bertz CT molecular complexity index is 676. The number of allylic oxidation sites excluding steroid dienone is 1. The lowest BCUT2D eigenvalue weighted by molar-refractivity contribution is -0.316. The third-order valence-corrected chi connectivity index (χ3v) is 3.85. The maximum Gasteiger partial charge on any atom is 0.460 e. The van der Waals surface area contributed by atoms with Crippen molar-refractivity contribution in [3.05, 3.63) is 34.4 Å². The number of carboxylic acid groups (broad SMARTS) is 1. The highest BCUT2D eigenvalue weighted by Gasteiger charge is 2.64. The molecule has 0 saturated heterocycles. The van der Waals surface area contributed by atoms with E-state index in [1.165, 1.54) is 13.0 Å². The van der Waals surface area contributed by atoms with Gasteiger partial charge in [0, 0.05) is 5.56 Å². The molecule has 1 aromatic rings. The smallest absolute Gasteiger partial charge is 0.460 e. The molecular formula is C15H15F3O4. The van der Waals surface area contributed by atoms with Gasteiger partial charge in [-0.05, 0) is 43.0 Å². The predicted octanol–water partition coefficient (Wildman–Crippen LogP) is 3.19. The van der Waals surface area contributed by atoms with Crippen molar-refractivity contribution >= 4 is 11.5 Å². The number of fused-ring (bicyclic) bond motifs is 1. The topological polar surface area (TPSA) is 66.8 Å². The molecule has 4 nitrogen and oxygen atoms in total. The number of rotatable bonds is 2. The van der Waals surface area contributed by atoms with Crippen LogP contribution in [0.2, 0.25) is 0 Å². The normalized spacial score (nSPS) is 21.4. The summed E-state index contributed by atoms with van der Waals surface area (Å²) in [4.78, 5) is 11.4. The summed E-state index contributed by atoms with van der Waals surface area (Å²) in [5.74, 6) is -5.90. The minimum Gasteiger partial charge on any atom is -0.478 e. The summed E-state index contributed by atoms with van der Waals surface area (Å²) in [7, 11) is 0. The number of hydrogen-bond acceptors (Lipinski definition) is 3. The maximum absolute atomic E-state index is 13.2. The number of aryl methyl sites for hydroxylation is 1. The molecule has 2 rings (SSSR count). The lowest BCUT2D eigenvalue weighted by atomic mass is 9.85. The summed E-state index contributed by atoms with van der Waals surface area (Å²) in [6.45, 7) is 4.96. The molecule has 0 saturated carbocycles. The highest BCUT2D eigenvalue weighted by Crippen LogP contribution is 2.49. The van der Waals surface area contributed by atoms with Gasteiger partial charge in [-0.1, -0.05) is 13.0 Å². The summed E-state index contributed by atoms with van der Waals surface area (Å²) in [6.07, 6.45) is -5.27. The first kappa shape index (κ1) is 16.4. The summed E-state index contributed by atoms with van der Waals surface area (Å²) < 4.78 is 44.5. The predicted molar refractivity (Wildman–Crippen MR) is 72.4 cm³/mol. The molecular weight excluding hydrogens is 301 g/mol. The van der Waals surface area contributed by atoms with Gasteiger partial charge in [-0.3, -0.25) is 0 Å². The van der Waals surface area contributed by atoms with E-state index in [1.807, 2.05) is 0 Å². The molecule has 1 aromatic carbocycles. The number of aliphatic carboxylic acids is 1. The first-order valence-electron chi connectivity index (χ1n) is 6.60. The second kappa shape index (κ2) is 5.01. The monoisotopic (exact) mass is 316 g/mol. The van der Waals surface area contributed by atoms with Crippen molar-refractivity contribution in [1.29, 1.82) is 0 Å². The van der Waals surface area contributed by atoms with Crippen molar-refractivity contribution in [2.75, 3.05) is 0 Å². The van der Waals surface area contributed by atoms with E-state index in [0.717, 1.165) is 5.56 Å². The van der Waals surface area contributed by atoms with Crippen LogP contribution in [0.25, 0.3) is 5.57 Å². The van der Waals surface area contributed by atoms with E-state index >= 15 is 0 Å². The number of benzene rings is 1. The molecule has 2 N–H and O–H groups in total. The Kier molecular flexibility index (Phi) is 3.73. The van der Waals surface area contributed by atoms with Gasteiger partial charge < -0.3 is 14.9 Å². The van der Waals surface area contributed by atoms with E-state index in [9.17, 15) is 28.2 Å². The molecule has 7 heteroatoms. The molecule has 1 unspecified atom stereocenters. The van der Waals surface area contributed by atoms with Crippen LogP contribution in [0.1, 0.15) is 30.0 Å². The van der Waals surface area contributed by atoms with E-state index in [1.54, 1.807) is 19.9 Å². The van der Waals surface area contributed by atoms with Crippen LogP contribution in [-0.2, 0) is 4.79 Å². The zero-order valence-corrected chi connectivity index (χ0v) is 12.2. The fraction of sp³-hybridized carbons (Fsp3) is 0.400. The van der Waals surface area contributed by atoms with Crippen LogP contribution in [0.15, 0.2) is 17.7 Å². The number of hydrogen-bond donors (Lipinski definition) is 2. The number of carbonyl (C=O) groups is 1. The highest BCUT2D eigenvalue weighted by molar-refractivity contribution is 6.00. The third-order valence-electron chi connectivity index (χ3n) is 3.85. The van der Waals surface area contributed by atoms with E-state index in [-0.39, 0.29) is 17.7 Å². The zero-order chi connectivity index (χ0) is 16.9. The van der Waals surface area contributed by atoms with Crippen LogP contribution in [0.5, 0.6) is 5.75 Å². The Morgan fingerprint density at radius 2 is 1.91 bits per heavy atom. The SMILES string of the molecule is CCC1=C(C(=O)O)C(O)(C(F)(F)F)Oc2ccc(C)c(C)c21. The van der Waals surface area contributed by atoms with Gasteiger partial charge in [0.05, 0.1) is 0 Å². The lowest BCUT2D eigenvalue weighted by Crippen LogP contribution is -2.55. The quantitative estimate of drug-likeness (QED) is 0.879. The van der Waals surface area contributed by atoms with Gasteiger partial charge in [-0.15, -0.1) is 0 Å². The van der Waals surface area contributed by atoms with Crippen molar-refractivity contribution in [1.82, 2.24) is 0 Å². The Morgan fingerprint density at radius 1 is 1.32 bits per heavy atom. The van der Waals surface area contributed by atoms with Gasteiger partial charge in [0.2, 0.25) is 0 Å². The number of aliphatic hydroxyl groups is 1. The Balaban J connectivity index is 2.90. The number of ether oxygens (including phenoxy) is 1. The molecule has 1 aliphatic heterocycles. The van der Waals surface area contributed by atoms with Crippen LogP contribution in [0.3, 0.4) is 0 Å². The standard InChI is InChI=1S/C15H15F3O4/c1-4-9-11-8(3)7(2)5-6-10(11)22-14(21,15(16,17)18)12(9)13(19)20/h5-6,21H,4H2,1-3H3,(H,19,20). The van der Waals surface area contributed by atoms with Crippen LogP contribution < -0.4 is 4.74 Å². The number of alkyl halides is 3. The van der Waals surface area contributed by atoms with E-state index < -0.39 is 23.5 Å². The molecule has 120 valence electrons. The van der Waals surface area contributed by atoms with E-state index in [0.29, 0.717) is 11.1 Å². The van der Waals surface area contributed by atoms with Gasteiger partial charge in [0.1, 0.15) is 11.3 Å². The summed E-state index contributed by atoms with van der Waals surface area (Å²) in [5, 5.41) is 19.2. The average molecular weight is 316 g/mol. The summed E-state index contributed by atoms with van der Waals surface area (Å²) >= 11 is 0. The van der Waals surface area contributed by atoms with Crippen molar-refractivity contribution in [2.24, 2.45) is 0 Å². The van der Waals surface area contributed by atoms with Crippen LogP contribution in [0, 0.1) is 13.8 Å². The van der Waals surface area contributed by atoms with Gasteiger partial charge in [0.15, 0.2) is 0 Å². The van der Waals surface area contributed by atoms with E-state index in [4.69, 9.17) is 4.74 Å². The van der Waals surface area contributed by atoms with Gasteiger partial charge >= 0.3 is 17.9 Å². The minimum absolute atomic E-state index is 0.0146. The fourth-order valence-electron chi connectivity index (χ4n) is 2.62. The van der Waals surface area contributed by atoms with Crippen molar-refractivity contribution in [3.63, 3.8) is 0 Å². The minimum atomic E-state index is -5.28. The van der Waals surface area contributed by atoms with Crippen molar-refractivity contribution in [2.45, 2.75) is 39.2 Å². The molecule has 0 spiro atoms. The zero-order valence-electron chi connectivity index (χ0n) is 12.2. The van der Waals surface area contributed by atoms with Crippen LogP contribution >= 0.6 is 0 Å². The highest BCUT2D eigenvalue weighted by atomic mass is 19.4. The largest absolute Gasteiger partial charge is 0.478 e. The first-order valence-corrected chi connectivity index (χ1v) is 6.60. The van der Waals surface area contributed by atoms with Gasteiger partial charge in [-0.2, -0.15) is 13.2 Å².